The molecule has 0 saturated carbocycles. The van der Waals surface area contributed by atoms with Crippen LogP contribution in [0.15, 0.2) is 162 Å². The molecule has 3 heterocycles. The first-order valence-corrected chi connectivity index (χ1v) is 20.3. The maximum absolute atomic E-state index is 6.76. The molecule has 4 nitrogen and oxygen atoms in total. The summed E-state index contributed by atoms with van der Waals surface area (Å²) in [7, 11) is 0. The van der Waals surface area contributed by atoms with Crippen LogP contribution in [-0.2, 0) is 6.42 Å². The molecule has 5 heteroatoms. The summed E-state index contributed by atoms with van der Waals surface area (Å²) in [5.74, 6) is 2.38. The number of hydrogen-bond donors (Lipinski definition) is 0. The molecule has 1 unspecified atom stereocenters. The summed E-state index contributed by atoms with van der Waals surface area (Å²) >= 11 is 1.81. The summed E-state index contributed by atoms with van der Waals surface area (Å²) in [5, 5.41) is 9.36. The van der Waals surface area contributed by atoms with Gasteiger partial charge in [0, 0.05) is 53.2 Å². The SMILES string of the molecule is CC1C=Cc2ccc3ccc(-c4nc(-c5ccc6sc7ccccc7c6c5)nc(-c5cccc6oc7c(-c8ccc9ccccc9c8)cccc7c56)n4)cc3c2C1. The summed E-state index contributed by atoms with van der Waals surface area (Å²) in [4.78, 5) is 15.9. The topological polar surface area (TPSA) is 51.8 Å². The highest BCUT2D eigenvalue weighted by molar-refractivity contribution is 7.25. The fourth-order valence-corrected chi connectivity index (χ4v) is 9.90. The van der Waals surface area contributed by atoms with Gasteiger partial charge in [-0.05, 0) is 93.0 Å². The molecule has 0 saturated heterocycles. The number of para-hydroxylation sites is 1. The third-order valence-electron chi connectivity index (χ3n) is 11.7. The molecule has 0 radical (unpaired) electrons. The van der Waals surface area contributed by atoms with Crippen LogP contribution >= 0.6 is 11.3 Å². The highest BCUT2D eigenvalue weighted by Crippen LogP contribution is 2.42. The van der Waals surface area contributed by atoms with Crippen LogP contribution in [0.25, 0.3) is 115 Å². The smallest absolute Gasteiger partial charge is 0.164 e. The van der Waals surface area contributed by atoms with Crippen molar-refractivity contribution in [3.05, 3.63) is 169 Å². The minimum absolute atomic E-state index is 0.484. The van der Waals surface area contributed by atoms with Crippen molar-refractivity contribution in [2.45, 2.75) is 13.3 Å². The Bertz CT molecular complexity index is 3480. The van der Waals surface area contributed by atoms with Gasteiger partial charge in [0.25, 0.3) is 0 Å². The number of rotatable bonds is 4. The first-order valence-electron chi connectivity index (χ1n) is 19.5. The Morgan fingerprint density at radius 2 is 1.21 bits per heavy atom. The standard InChI is InChI=1S/C52H33N3OS/c1-30-16-17-32-19-20-33-21-23-36(28-43(33)42(32)26-30)50-53-51(37-24-25-47-44(29-37)39-10-4-5-15-46(39)57-47)55-52(54-50)41-13-7-14-45-48(41)40-12-6-11-38(49(40)56-45)35-22-18-31-8-2-3-9-34(31)27-35/h2-25,27-30H,26H2,1H3. The first-order chi connectivity index (χ1) is 28.1. The van der Waals surface area contributed by atoms with Crippen molar-refractivity contribution in [1.82, 2.24) is 15.0 Å². The molecule has 0 bridgehead atoms. The minimum Gasteiger partial charge on any atom is -0.455 e. The second-order valence-electron chi connectivity index (χ2n) is 15.3. The lowest BCUT2D eigenvalue weighted by Crippen LogP contribution is -2.04. The highest BCUT2D eigenvalue weighted by atomic mass is 32.1. The van der Waals surface area contributed by atoms with Crippen LogP contribution in [-0.4, -0.2) is 15.0 Å². The molecule has 0 fully saturated rings. The van der Waals surface area contributed by atoms with Gasteiger partial charge in [0.15, 0.2) is 17.5 Å². The zero-order valence-electron chi connectivity index (χ0n) is 31.0. The molecule has 0 N–H and O–H groups in total. The number of allylic oxidation sites excluding steroid dienone is 1. The van der Waals surface area contributed by atoms with Crippen LogP contribution in [0, 0.1) is 5.92 Å². The van der Waals surface area contributed by atoms with Crippen molar-refractivity contribution in [3.8, 4) is 45.3 Å². The third kappa shape index (κ3) is 5.23. The summed E-state index contributed by atoms with van der Waals surface area (Å²) in [5.41, 5.74) is 9.31. The number of fused-ring (bicyclic) bond motifs is 10. The van der Waals surface area contributed by atoms with E-state index >= 15 is 0 Å². The maximum atomic E-state index is 6.76. The zero-order chi connectivity index (χ0) is 37.6. The summed E-state index contributed by atoms with van der Waals surface area (Å²) in [6.45, 7) is 2.28. The molecule has 57 heavy (non-hydrogen) atoms. The van der Waals surface area contributed by atoms with E-state index in [1.54, 1.807) is 0 Å². The minimum atomic E-state index is 0.484. The Labute approximate surface area is 332 Å². The molecule has 12 rings (SSSR count). The molecular formula is C52H33N3OS. The average molecular weight is 748 g/mol. The lowest BCUT2D eigenvalue weighted by Gasteiger charge is -2.18. The maximum Gasteiger partial charge on any atom is 0.164 e. The predicted octanol–water partition coefficient (Wildman–Crippen LogP) is 14.3. The second-order valence-corrected chi connectivity index (χ2v) is 16.3. The van der Waals surface area contributed by atoms with Gasteiger partial charge in [0.05, 0.1) is 0 Å². The van der Waals surface area contributed by atoms with E-state index in [1.165, 1.54) is 52.8 Å². The van der Waals surface area contributed by atoms with Gasteiger partial charge in [0.2, 0.25) is 0 Å². The van der Waals surface area contributed by atoms with Gasteiger partial charge in [-0.25, -0.2) is 15.0 Å². The van der Waals surface area contributed by atoms with Gasteiger partial charge < -0.3 is 4.42 Å². The average Bonchev–Trinajstić information content (AvgIpc) is 3.84. The van der Waals surface area contributed by atoms with Crippen molar-refractivity contribution in [1.29, 1.82) is 0 Å². The lowest BCUT2D eigenvalue weighted by atomic mass is 9.86. The highest BCUT2D eigenvalue weighted by Gasteiger charge is 2.21. The van der Waals surface area contributed by atoms with Crippen LogP contribution in [0.5, 0.6) is 0 Å². The van der Waals surface area contributed by atoms with Gasteiger partial charge in [-0.15, -0.1) is 11.3 Å². The van der Waals surface area contributed by atoms with Crippen molar-refractivity contribution >= 4 is 81.1 Å². The number of nitrogens with zero attached hydrogens (tertiary/aromatic N) is 3. The van der Waals surface area contributed by atoms with E-state index in [-0.39, 0.29) is 0 Å². The van der Waals surface area contributed by atoms with Gasteiger partial charge >= 0.3 is 0 Å². The number of aromatic nitrogens is 3. The first kappa shape index (κ1) is 32.3. The van der Waals surface area contributed by atoms with E-state index in [9.17, 15) is 0 Å². The van der Waals surface area contributed by atoms with Crippen LogP contribution in [0.2, 0.25) is 0 Å². The summed E-state index contributed by atoms with van der Waals surface area (Å²) < 4.78 is 9.27. The van der Waals surface area contributed by atoms with E-state index in [0.29, 0.717) is 23.4 Å². The van der Waals surface area contributed by atoms with Gasteiger partial charge in [-0.3, -0.25) is 0 Å². The summed E-state index contributed by atoms with van der Waals surface area (Å²) in [6.07, 6.45) is 5.58. The zero-order valence-corrected chi connectivity index (χ0v) is 31.8. The Balaban J connectivity index is 1.09. The Morgan fingerprint density at radius 3 is 2.12 bits per heavy atom. The predicted molar refractivity (Wildman–Crippen MR) is 239 cm³/mol. The summed E-state index contributed by atoms with van der Waals surface area (Å²) in [6, 6.07) is 54.0. The molecule has 0 spiro atoms. The van der Waals surface area contributed by atoms with Crippen molar-refractivity contribution in [2.24, 2.45) is 5.92 Å². The lowest BCUT2D eigenvalue weighted by molar-refractivity contribution is 0.670. The van der Waals surface area contributed by atoms with Crippen LogP contribution < -0.4 is 0 Å². The number of hydrogen-bond acceptors (Lipinski definition) is 5. The normalized spacial score (nSPS) is 14.1. The molecular weight excluding hydrogens is 715 g/mol. The number of benzene rings is 8. The fraction of sp³-hybridized carbons (Fsp3) is 0.0577. The molecule has 3 aromatic heterocycles. The fourth-order valence-electron chi connectivity index (χ4n) is 8.82. The number of thiophene rings is 1. The molecule has 0 aliphatic heterocycles. The molecule has 1 aliphatic carbocycles. The van der Waals surface area contributed by atoms with E-state index in [2.05, 4.69) is 159 Å². The largest absolute Gasteiger partial charge is 0.455 e. The molecule has 1 atom stereocenters. The van der Waals surface area contributed by atoms with Crippen molar-refractivity contribution < 1.29 is 4.42 Å². The van der Waals surface area contributed by atoms with E-state index in [4.69, 9.17) is 19.4 Å². The van der Waals surface area contributed by atoms with E-state index in [1.807, 2.05) is 23.5 Å². The Morgan fingerprint density at radius 1 is 0.526 bits per heavy atom. The van der Waals surface area contributed by atoms with Gasteiger partial charge in [-0.1, -0.05) is 128 Å². The Hall–Kier alpha value is -6.95. The van der Waals surface area contributed by atoms with E-state index in [0.717, 1.165) is 56.2 Å². The molecule has 1 aliphatic rings. The molecule has 0 amide bonds. The molecule has 8 aromatic carbocycles. The monoisotopic (exact) mass is 747 g/mol. The van der Waals surface area contributed by atoms with Gasteiger partial charge in [-0.2, -0.15) is 0 Å². The third-order valence-corrected chi connectivity index (χ3v) is 12.8. The quantitative estimate of drug-likeness (QED) is 0.180. The van der Waals surface area contributed by atoms with E-state index < -0.39 is 0 Å². The Kier molecular flexibility index (Phi) is 7.10. The number of furan rings is 1. The van der Waals surface area contributed by atoms with Crippen LogP contribution in [0.1, 0.15) is 18.1 Å². The van der Waals surface area contributed by atoms with Crippen LogP contribution in [0.4, 0.5) is 0 Å². The second kappa shape index (κ2) is 12.5. The van der Waals surface area contributed by atoms with Gasteiger partial charge in [0.1, 0.15) is 11.2 Å². The van der Waals surface area contributed by atoms with Crippen molar-refractivity contribution in [2.75, 3.05) is 0 Å². The van der Waals surface area contributed by atoms with Crippen molar-refractivity contribution in [3.63, 3.8) is 0 Å². The van der Waals surface area contributed by atoms with Crippen LogP contribution in [0.3, 0.4) is 0 Å². The molecule has 11 aromatic rings. The molecule has 268 valence electrons.